The minimum atomic E-state index is -1.25. The topological polar surface area (TPSA) is 55.4 Å². The third-order valence-electron chi connectivity index (χ3n) is 3.09. The summed E-state index contributed by atoms with van der Waals surface area (Å²) in [6, 6.07) is 1.26. The molecule has 4 nitrogen and oxygen atoms in total. The molecule has 0 bridgehead atoms. The van der Waals surface area contributed by atoms with E-state index < -0.39 is 29.3 Å². The largest absolute Gasteiger partial charge is 0.299 e. The van der Waals surface area contributed by atoms with E-state index in [1.165, 1.54) is 0 Å². The second-order valence-corrected chi connectivity index (χ2v) is 4.51. The van der Waals surface area contributed by atoms with Crippen LogP contribution in [0.5, 0.6) is 0 Å². The fraction of sp³-hybridized carbons (Fsp3) is 0.385. The summed E-state index contributed by atoms with van der Waals surface area (Å²) in [5.41, 5.74) is 2.07. The number of carbonyl (C=O) groups excluding carboxylic acids is 2. The Morgan fingerprint density at radius 1 is 1.25 bits per heavy atom. The summed E-state index contributed by atoms with van der Waals surface area (Å²) in [5.74, 6) is -4.88. The van der Waals surface area contributed by atoms with Crippen molar-refractivity contribution < 1.29 is 27.6 Å². The molecule has 0 radical (unpaired) electrons. The Morgan fingerprint density at radius 2 is 1.95 bits per heavy atom. The van der Waals surface area contributed by atoms with Crippen molar-refractivity contribution in [3.8, 4) is 0 Å². The van der Waals surface area contributed by atoms with Crippen LogP contribution in [0.4, 0.5) is 13.2 Å². The zero-order chi connectivity index (χ0) is 14.7. The number of carbonyl (C=O) groups is 2. The van der Waals surface area contributed by atoms with Crippen molar-refractivity contribution in [3.63, 3.8) is 0 Å². The lowest BCUT2D eigenvalue weighted by Gasteiger charge is -2.06. The van der Waals surface area contributed by atoms with Gasteiger partial charge in [0.15, 0.2) is 11.6 Å². The minimum absolute atomic E-state index is 0.00354. The third kappa shape index (κ3) is 3.16. The number of rotatable bonds is 5. The van der Waals surface area contributed by atoms with Crippen molar-refractivity contribution in [2.45, 2.75) is 19.3 Å². The highest BCUT2D eigenvalue weighted by Gasteiger charge is 2.31. The molecular weight excluding hydrogens is 275 g/mol. The number of hydrogen-bond donors (Lipinski definition) is 1. The van der Waals surface area contributed by atoms with Crippen LogP contribution in [0.15, 0.2) is 12.1 Å². The molecule has 1 atom stereocenters. The normalized spacial score (nSPS) is 18.1. The first-order valence-electron chi connectivity index (χ1n) is 6.07. The molecule has 0 saturated carbocycles. The standard InChI is InChI=1S/C13H12F3NO3/c14-9-5-11(16)10(15)4-7(9)2-1-3-12(18)8-6-20-17-13(8)19/h4-5,8H,1-3,6H2,(H,17,19). The molecule has 1 saturated heterocycles. The maximum Gasteiger partial charge on any atom is 0.256 e. The zero-order valence-electron chi connectivity index (χ0n) is 10.4. The number of halogens is 3. The smallest absolute Gasteiger partial charge is 0.256 e. The number of nitrogens with one attached hydrogen (secondary N) is 1. The number of Topliss-reactive ketones (excluding diaryl/α,β-unsaturated/α-hetero) is 1. The molecule has 1 N–H and O–H groups in total. The summed E-state index contributed by atoms with van der Waals surface area (Å²) >= 11 is 0. The van der Waals surface area contributed by atoms with Gasteiger partial charge in [0.25, 0.3) is 5.91 Å². The second-order valence-electron chi connectivity index (χ2n) is 4.51. The summed E-state index contributed by atoms with van der Waals surface area (Å²) in [6.07, 6.45) is 0.370. The molecular formula is C13H12F3NO3. The number of ketones is 1. The first kappa shape index (κ1) is 14.5. The minimum Gasteiger partial charge on any atom is -0.299 e. The molecule has 1 aromatic carbocycles. The summed E-state index contributed by atoms with van der Waals surface area (Å²) < 4.78 is 39.0. The maximum absolute atomic E-state index is 13.3. The molecule has 0 spiro atoms. The summed E-state index contributed by atoms with van der Waals surface area (Å²) in [7, 11) is 0. The van der Waals surface area contributed by atoms with Gasteiger partial charge in [-0.25, -0.2) is 18.7 Å². The molecule has 1 fully saturated rings. The van der Waals surface area contributed by atoms with E-state index in [1.807, 2.05) is 0 Å². The van der Waals surface area contributed by atoms with Crippen LogP contribution in [0.2, 0.25) is 0 Å². The number of benzene rings is 1. The molecule has 2 rings (SSSR count). The highest BCUT2D eigenvalue weighted by molar-refractivity contribution is 6.01. The quantitative estimate of drug-likeness (QED) is 0.662. The Kier molecular flexibility index (Phi) is 4.39. The lowest BCUT2D eigenvalue weighted by atomic mass is 9.98. The Hall–Kier alpha value is -1.89. The van der Waals surface area contributed by atoms with Crippen LogP contribution in [-0.2, 0) is 20.8 Å². The van der Waals surface area contributed by atoms with Crippen molar-refractivity contribution in [2.24, 2.45) is 5.92 Å². The summed E-state index contributed by atoms with van der Waals surface area (Å²) in [5, 5.41) is 0. The van der Waals surface area contributed by atoms with Gasteiger partial charge in [-0.2, -0.15) is 0 Å². The Bertz CT molecular complexity index is 548. The van der Waals surface area contributed by atoms with Crippen LogP contribution >= 0.6 is 0 Å². The van der Waals surface area contributed by atoms with Crippen LogP contribution in [0.25, 0.3) is 0 Å². The van der Waals surface area contributed by atoms with Gasteiger partial charge in [-0.05, 0) is 24.5 Å². The van der Waals surface area contributed by atoms with Crippen molar-refractivity contribution in [1.29, 1.82) is 0 Å². The van der Waals surface area contributed by atoms with E-state index in [2.05, 4.69) is 10.3 Å². The average molecular weight is 287 g/mol. The van der Waals surface area contributed by atoms with Crippen LogP contribution in [0.3, 0.4) is 0 Å². The predicted molar refractivity (Wildman–Crippen MR) is 61.8 cm³/mol. The van der Waals surface area contributed by atoms with Gasteiger partial charge in [0.05, 0.1) is 6.61 Å². The molecule has 20 heavy (non-hydrogen) atoms. The van der Waals surface area contributed by atoms with E-state index in [-0.39, 0.29) is 37.2 Å². The Labute approximate surface area is 112 Å². The molecule has 7 heteroatoms. The van der Waals surface area contributed by atoms with E-state index in [1.54, 1.807) is 0 Å². The van der Waals surface area contributed by atoms with Gasteiger partial charge in [0.1, 0.15) is 17.5 Å². The Morgan fingerprint density at radius 3 is 2.60 bits per heavy atom. The van der Waals surface area contributed by atoms with Gasteiger partial charge in [0, 0.05) is 12.5 Å². The number of amides is 1. The summed E-state index contributed by atoms with van der Waals surface area (Å²) in [4.78, 5) is 27.5. The van der Waals surface area contributed by atoms with Crippen molar-refractivity contribution in [1.82, 2.24) is 5.48 Å². The van der Waals surface area contributed by atoms with E-state index >= 15 is 0 Å². The molecule has 0 aromatic heterocycles. The van der Waals surface area contributed by atoms with E-state index in [0.29, 0.717) is 6.07 Å². The van der Waals surface area contributed by atoms with Crippen LogP contribution in [-0.4, -0.2) is 18.3 Å². The lowest BCUT2D eigenvalue weighted by molar-refractivity contribution is -0.132. The molecule has 1 heterocycles. The van der Waals surface area contributed by atoms with Crippen LogP contribution in [0, 0.1) is 23.4 Å². The van der Waals surface area contributed by atoms with E-state index in [0.717, 1.165) is 6.07 Å². The molecule has 1 amide bonds. The van der Waals surface area contributed by atoms with Gasteiger partial charge in [-0.15, -0.1) is 0 Å². The highest BCUT2D eigenvalue weighted by Crippen LogP contribution is 2.17. The molecule has 1 aliphatic rings. The zero-order valence-corrected chi connectivity index (χ0v) is 10.4. The van der Waals surface area contributed by atoms with Crippen molar-refractivity contribution in [2.75, 3.05) is 6.61 Å². The van der Waals surface area contributed by atoms with Gasteiger partial charge >= 0.3 is 0 Å². The highest BCUT2D eigenvalue weighted by atomic mass is 19.2. The maximum atomic E-state index is 13.3. The molecule has 0 aliphatic carbocycles. The lowest BCUT2D eigenvalue weighted by Crippen LogP contribution is -2.25. The van der Waals surface area contributed by atoms with E-state index in [9.17, 15) is 22.8 Å². The van der Waals surface area contributed by atoms with Crippen LogP contribution in [0.1, 0.15) is 18.4 Å². The van der Waals surface area contributed by atoms with Crippen molar-refractivity contribution in [3.05, 3.63) is 35.1 Å². The van der Waals surface area contributed by atoms with Gasteiger partial charge in [-0.1, -0.05) is 0 Å². The first-order chi connectivity index (χ1) is 9.49. The SMILES string of the molecule is O=C(CCCc1cc(F)c(F)cc1F)C1CONC1=O. The fourth-order valence-electron chi connectivity index (χ4n) is 1.96. The van der Waals surface area contributed by atoms with Crippen molar-refractivity contribution >= 4 is 11.7 Å². The number of aryl methyl sites for hydroxylation is 1. The van der Waals surface area contributed by atoms with Crippen LogP contribution < -0.4 is 5.48 Å². The monoisotopic (exact) mass is 287 g/mol. The average Bonchev–Trinajstić information content (AvgIpc) is 2.81. The molecule has 1 aromatic rings. The molecule has 1 aliphatic heterocycles. The molecule has 1 unspecified atom stereocenters. The first-order valence-corrected chi connectivity index (χ1v) is 6.07. The van der Waals surface area contributed by atoms with E-state index in [4.69, 9.17) is 0 Å². The van der Waals surface area contributed by atoms with Gasteiger partial charge in [0.2, 0.25) is 0 Å². The van der Waals surface area contributed by atoms with Gasteiger partial charge in [-0.3, -0.25) is 14.4 Å². The Balaban J connectivity index is 1.88. The molecule has 108 valence electrons. The third-order valence-corrected chi connectivity index (χ3v) is 3.09. The fourth-order valence-corrected chi connectivity index (χ4v) is 1.96. The number of hydroxylamine groups is 1. The predicted octanol–water partition coefficient (Wildman–Crippen LogP) is 1.67. The summed E-state index contributed by atoms with van der Waals surface area (Å²) in [6.45, 7) is -0.0167. The van der Waals surface area contributed by atoms with Gasteiger partial charge < -0.3 is 0 Å². The number of hydrogen-bond acceptors (Lipinski definition) is 3. The second kappa shape index (κ2) is 6.04.